The van der Waals surface area contributed by atoms with Gasteiger partial charge in [-0.3, -0.25) is 4.99 Å². The zero-order chi connectivity index (χ0) is 10.2. The van der Waals surface area contributed by atoms with E-state index in [1.165, 1.54) is 6.20 Å². The molecular formula is C12H14N2. The average molecular weight is 186 g/mol. The van der Waals surface area contributed by atoms with Crippen molar-refractivity contribution < 1.29 is 0 Å². The Morgan fingerprint density at radius 2 is 2.07 bits per heavy atom. The van der Waals surface area contributed by atoms with Crippen molar-refractivity contribution in [2.45, 2.75) is 6.92 Å². The number of aliphatic imine (C=N–C) groups is 1. The number of allylic oxidation sites excluding steroid dienone is 2. The molecule has 0 fully saturated rings. The summed E-state index contributed by atoms with van der Waals surface area (Å²) in [4.78, 5) is 3.95. The van der Waals surface area contributed by atoms with E-state index in [1.807, 2.05) is 43.3 Å². The number of benzene rings is 1. The molecule has 1 N–H and O–H groups in total. The van der Waals surface area contributed by atoms with Gasteiger partial charge in [-0.2, -0.15) is 0 Å². The van der Waals surface area contributed by atoms with E-state index in [-0.39, 0.29) is 0 Å². The summed E-state index contributed by atoms with van der Waals surface area (Å²) in [6, 6.07) is 9.97. The van der Waals surface area contributed by atoms with Crippen molar-refractivity contribution >= 4 is 11.9 Å². The zero-order valence-electron chi connectivity index (χ0n) is 8.27. The smallest absolute Gasteiger partial charge is 0.0526 e. The largest absolute Gasteiger partial charge is 0.355 e. The Morgan fingerprint density at radius 3 is 2.64 bits per heavy atom. The van der Waals surface area contributed by atoms with Crippen LogP contribution in [0.2, 0.25) is 0 Å². The van der Waals surface area contributed by atoms with E-state index >= 15 is 0 Å². The SMILES string of the molecule is C=C/N=C\C(=C/C)Nc1ccccc1. The van der Waals surface area contributed by atoms with Gasteiger partial charge in [0.15, 0.2) is 0 Å². The van der Waals surface area contributed by atoms with Gasteiger partial charge in [-0.15, -0.1) is 0 Å². The molecule has 0 aromatic heterocycles. The van der Waals surface area contributed by atoms with Crippen molar-refractivity contribution in [3.8, 4) is 0 Å². The van der Waals surface area contributed by atoms with Gasteiger partial charge in [-0.25, -0.2) is 0 Å². The van der Waals surface area contributed by atoms with Crippen molar-refractivity contribution in [1.82, 2.24) is 0 Å². The van der Waals surface area contributed by atoms with Crippen LogP contribution in [-0.4, -0.2) is 6.21 Å². The number of nitrogens with zero attached hydrogens (tertiary/aromatic N) is 1. The Kier molecular flexibility index (Phi) is 4.21. The number of anilines is 1. The standard InChI is InChI=1S/C12H14N2/c1-3-11(10-13-4-2)14-12-8-6-5-7-9-12/h3-10,14H,2H2,1H3/b11-3+,13-10-. The van der Waals surface area contributed by atoms with Gasteiger partial charge < -0.3 is 5.32 Å². The van der Waals surface area contributed by atoms with Gasteiger partial charge in [0, 0.05) is 18.1 Å². The second-order valence-corrected chi connectivity index (χ2v) is 2.70. The van der Waals surface area contributed by atoms with E-state index in [0.29, 0.717) is 0 Å². The van der Waals surface area contributed by atoms with Crippen molar-refractivity contribution in [1.29, 1.82) is 0 Å². The summed E-state index contributed by atoms with van der Waals surface area (Å²) in [5.41, 5.74) is 2.01. The van der Waals surface area contributed by atoms with Gasteiger partial charge in [0.1, 0.15) is 0 Å². The molecule has 0 spiro atoms. The van der Waals surface area contributed by atoms with Crippen LogP contribution in [0, 0.1) is 0 Å². The first kappa shape index (κ1) is 10.3. The van der Waals surface area contributed by atoms with Crippen LogP contribution in [0.1, 0.15) is 6.92 Å². The van der Waals surface area contributed by atoms with Crippen LogP contribution in [0.4, 0.5) is 5.69 Å². The monoisotopic (exact) mass is 186 g/mol. The molecule has 0 saturated heterocycles. The summed E-state index contributed by atoms with van der Waals surface area (Å²) >= 11 is 0. The van der Waals surface area contributed by atoms with Crippen LogP contribution in [-0.2, 0) is 0 Å². The number of rotatable bonds is 4. The van der Waals surface area contributed by atoms with E-state index in [4.69, 9.17) is 0 Å². The fourth-order valence-corrected chi connectivity index (χ4v) is 1.00. The van der Waals surface area contributed by atoms with Crippen molar-refractivity contribution in [2.24, 2.45) is 4.99 Å². The summed E-state index contributed by atoms with van der Waals surface area (Å²) < 4.78 is 0. The zero-order valence-corrected chi connectivity index (χ0v) is 8.27. The molecule has 0 bridgehead atoms. The van der Waals surface area contributed by atoms with Crippen molar-refractivity contribution in [3.63, 3.8) is 0 Å². The minimum Gasteiger partial charge on any atom is -0.355 e. The molecule has 14 heavy (non-hydrogen) atoms. The fourth-order valence-electron chi connectivity index (χ4n) is 1.00. The predicted octanol–water partition coefficient (Wildman–Crippen LogP) is 3.22. The first-order valence-electron chi connectivity index (χ1n) is 4.49. The van der Waals surface area contributed by atoms with E-state index in [1.54, 1.807) is 6.21 Å². The third-order valence-corrected chi connectivity index (χ3v) is 1.69. The van der Waals surface area contributed by atoms with E-state index in [9.17, 15) is 0 Å². The minimum absolute atomic E-state index is 0.955. The quantitative estimate of drug-likeness (QED) is 0.717. The summed E-state index contributed by atoms with van der Waals surface area (Å²) in [5.74, 6) is 0. The molecule has 72 valence electrons. The maximum absolute atomic E-state index is 3.95. The first-order chi connectivity index (χ1) is 6.86. The molecular weight excluding hydrogens is 172 g/mol. The highest BCUT2D eigenvalue weighted by Gasteiger charge is 1.91. The number of para-hydroxylation sites is 1. The molecule has 1 aromatic carbocycles. The number of nitrogens with one attached hydrogen (secondary N) is 1. The van der Waals surface area contributed by atoms with Crippen molar-refractivity contribution in [3.05, 3.63) is 54.9 Å². The first-order valence-corrected chi connectivity index (χ1v) is 4.49. The molecule has 1 rings (SSSR count). The van der Waals surface area contributed by atoms with Gasteiger partial charge in [0.2, 0.25) is 0 Å². The van der Waals surface area contributed by atoms with Crippen LogP contribution >= 0.6 is 0 Å². The van der Waals surface area contributed by atoms with Gasteiger partial charge in [-0.05, 0) is 19.1 Å². The maximum Gasteiger partial charge on any atom is 0.0526 e. The molecule has 0 saturated carbocycles. The maximum atomic E-state index is 3.95. The minimum atomic E-state index is 0.955. The number of hydrogen-bond acceptors (Lipinski definition) is 2. The predicted molar refractivity (Wildman–Crippen MR) is 62.5 cm³/mol. The average Bonchev–Trinajstić information content (AvgIpc) is 2.25. The number of hydrogen-bond donors (Lipinski definition) is 1. The Labute approximate surface area is 84.7 Å². The van der Waals surface area contributed by atoms with Crippen LogP contribution in [0.15, 0.2) is 59.9 Å². The topological polar surface area (TPSA) is 24.4 Å². The molecule has 0 radical (unpaired) electrons. The second-order valence-electron chi connectivity index (χ2n) is 2.70. The molecule has 0 heterocycles. The van der Waals surface area contributed by atoms with Crippen molar-refractivity contribution in [2.75, 3.05) is 5.32 Å². The molecule has 0 aliphatic rings. The lowest BCUT2D eigenvalue weighted by Crippen LogP contribution is -1.99. The summed E-state index contributed by atoms with van der Waals surface area (Å²) in [6.07, 6.45) is 5.20. The Hall–Kier alpha value is -1.83. The Bertz CT molecular complexity index is 337. The van der Waals surface area contributed by atoms with E-state index < -0.39 is 0 Å². The summed E-state index contributed by atoms with van der Waals surface area (Å²) in [6.45, 7) is 5.48. The molecule has 0 unspecified atom stereocenters. The lowest BCUT2D eigenvalue weighted by Gasteiger charge is -2.04. The van der Waals surface area contributed by atoms with Gasteiger partial charge in [0.05, 0.1) is 5.70 Å². The lowest BCUT2D eigenvalue weighted by atomic mass is 10.3. The highest BCUT2D eigenvalue weighted by molar-refractivity contribution is 5.83. The lowest BCUT2D eigenvalue weighted by molar-refractivity contribution is 1.48. The van der Waals surface area contributed by atoms with Gasteiger partial charge in [0.25, 0.3) is 0 Å². The molecule has 0 atom stereocenters. The molecule has 2 nitrogen and oxygen atoms in total. The molecule has 2 heteroatoms. The van der Waals surface area contributed by atoms with Crippen LogP contribution in [0.3, 0.4) is 0 Å². The Balaban J connectivity index is 2.67. The van der Waals surface area contributed by atoms with E-state index in [0.717, 1.165) is 11.4 Å². The van der Waals surface area contributed by atoms with Crippen LogP contribution < -0.4 is 5.32 Å². The summed E-state index contributed by atoms with van der Waals surface area (Å²) in [5, 5.41) is 3.23. The Morgan fingerprint density at radius 1 is 1.36 bits per heavy atom. The second kappa shape index (κ2) is 5.75. The normalized spacial score (nSPS) is 11.6. The highest BCUT2D eigenvalue weighted by Crippen LogP contribution is 2.07. The summed E-state index contributed by atoms with van der Waals surface area (Å²) in [7, 11) is 0. The van der Waals surface area contributed by atoms with Crippen LogP contribution in [0.25, 0.3) is 0 Å². The molecule has 0 aliphatic heterocycles. The molecule has 0 aliphatic carbocycles. The fraction of sp³-hybridized carbons (Fsp3) is 0.0833. The third-order valence-electron chi connectivity index (χ3n) is 1.69. The van der Waals surface area contributed by atoms with Gasteiger partial charge in [-0.1, -0.05) is 30.9 Å². The molecule has 1 aromatic rings. The highest BCUT2D eigenvalue weighted by atomic mass is 14.9. The molecule has 0 amide bonds. The van der Waals surface area contributed by atoms with Crippen LogP contribution in [0.5, 0.6) is 0 Å². The van der Waals surface area contributed by atoms with Gasteiger partial charge >= 0.3 is 0 Å². The third kappa shape index (κ3) is 3.27. The van der Waals surface area contributed by atoms with E-state index in [2.05, 4.69) is 16.9 Å².